The molecule has 0 N–H and O–H groups in total. The van der Waals surface area contributed by atoms with Gasteiger partial charge in [0, 0.05) is 12.2 Å². The molecule has 0 saturated heterocycles. The summed E-state index contributed by atoms with van der Waals surface area (Å²) in [7, 11) is 0. The van der Waals surface area contributed by atoms with Crippen LogP contribution in [0.1, 0.15) is 52.7 Å². The van der Waals surface area contributed by atoms with Crippen LogP contribution in [-0.2, 0) is 21.8 Å². The first-order valence-electron chi connectivity index (χ1n) is 13.2. The minimum absolute atomic E-state index is 0.0364. The summed E-state index contributed by atoms with van der Waals surface area (Å²) in [6.45, 7) is 18.5. The number of benzene rings is 3. The summed E-state index contributed by atoms with van der Waals surface area (Å²) >= 11 is 0. The largest absolute Gasteiger partial charge is 0.429 e. The molecule has 3 aromatic carbocycles. The maximum absolute atomic E-state index is 14.5. The fourth-order valence-corrected chi connectivity index (χ4v) is 2.74. The number of alkyl halides is 4. The Balaban J connectivity index is 0.00000263. The molecule has 0 aliphatic heterocycles. The van der Waals surface area contributed by atoms with Crippen molar-refractivity contribution in [3.63, 3.8) is 0 Å². The summed E-state index contributed by atoms with van der Waals surface area (Å²) in [5.41, 5.74) is -1.06. The average molecular weight is 593 g/mol. The normalized spacial score (nSPS) is 10.0. The van der Waals surface area contributed by atoms with E-state index in [2.05, 4.69) is 13.2 Å². The molecule has 0 aliphatic rings. The molecule has 0 heterocycles. The molecule has 0 radical (unpaired) electrons. The Morgan fingerprint density at radius 1 is 0.524 bits per heavy atom. The van der Waals surface area contributed by atoms with Gasteiger partial charge < -0.3 is 18.9 Å². The predicted octanol–water partition coefficient (Wildman–Crippen LogP) is 9.20. The third-order valence-electron chi connectivity index (χ3n) is 4.47. The van der Waals surface area contributed by atoms with Crippen molar-refractivity contribution in [2.24, 2.45) is 0 Å². The third kappa shape index (κ3) is 11.9. The van der Waals surface area contributed by atoms with Crippen LogP contribution in [0.3, 0.4) is 0 Å². The molecule has 0 bridgehead atoms. The lowest BCUT2D eigenvalue weighted by Crippen LogP contribution is -2.22. The molecule has 6 nitrogen and oxygen atoms in total. The van der Waals surface area contributed by atoms with Gasteiger partial charge in [0.15, 0.2) is 0 Å². The highest BCUT2D eigenvalue weighted by molar-refractivity contribution is 5.83. The van der Waals surface area contributed by atoms with Crippen molar-refractivity contribution in [3.05, 3.63) is 109 Å². The van der Waals surface area contributed by atoms with E-state index in [1.165, 1.54) is 0 Å². The molecule has 3 aromatic rings. The molecule has 0 amide bonds. The second-order valence-electron chi connectivity index (χ2n) is 7.01. The van der Waals surface area contributed by atoms with Crippen molar-refractivity contribution < 1.29 is 46.1 Å². The van der Waals surface area contributed by atoms with Gasteiger partial charge in [-0.2, -0.15) is 17.6 Å². The van der Waals surface area contributed by atoms with Crippen LogP contribution in [0, 0.1) is 0 Å². The Bertz CT molecular complexity index is 1140. The Labute approximate surface area is 244 Å². The SMILES string of the molecule is C=CC(=O)Oc1ccc(C(F)(F)Oc2ccc(OC(F)(F)c3ccc(OC(=O)C=C)cc3)cc2)cc1.CC.CC.CC. The van der Waals surface area contributed by atoms with E-state index in [1.54, 1.807) is 0 Å². The molecule has 0 aliphatic carbocycles. The number of carbonyl (C=O) groups is 2. The molecular weight excluding hydrogens is 556 g/mol. The number of carbonyl (C=O) groups excluding carboxylic acids is 2. The zero-order valence-corrected chi connectivity index (χ0v) is 24.5. The van der Waals surface area contributed by atoms with E-state index in [0.29, 0.717) is 0 Å². The molecule has 0 saturated carbocycles. The summed E-state index contributed by atoms with van der Waals surface area (Å²) in [6, 6.07) is 12.8. The van der Waals surface area contributed by atoms with Crippen molar-refractivity contribution in [1.29, 1.82) is 0 Å². The smallest absolute Gasteiger partial charge is 0.426 e. The van der Waals surface area contributed by atoms with Crippen molar-refractivity contribution in [3.8, 4) is 23.0 Å². The maximum Gasteiger partial charge on any atom is 0.426 e. The van der Waals surface area contributed by atoms with Gasteiger partial charge >= 0.3 is 24.2 Å². The van der Waals surface area contributed by atoms with Crippen molar-refractivity contribution in [2.75, 3.05) is 0 Å². The van der Waals surface area contributed by atoms with Crippen LogP contribution in [0.15, 0.2) is 98.1 Å². The summed E-state index contributed by atoms with van der Waals surface area (Å²) in [5.74, 6) is -2.05. The van der Waals surface area contributed by atoms with Gasteiger partial charge in [-0.25, -0.2) is 9.59 Å². The first kappa shape index (κ1) is 37.4. The standard InChI is InChI=1S/C26H18F4O6.3C2H6/c1-3-23(31)33-19-9-5-17(6-10-19)25(27,28)35-21-13-15-22(16-14-21)36-26(29,30)18-7-11-20(12-8-18)34-24(32)4-2;3*1-2/h3-16H,1-2H2;3*1-2H3. The molecule has 0 atom stereocenters. The molecule has 0 fully saturated rings. The van der Waals surface area contributed by atoms with Crippen LogP contribution in [0.4, 0.5) is 17.6 Å². The van der Waals surface area contributed by atoms with Gasteiger partial charge in [-0.15, -0.1) is 0 Å². The highest BCUT2D eigenvalue weighted by atomic mass is 19.3. The summed E-state index contributed by atoms with van der Waals surface area (Å²) in [5, 5.41) is 0. The first-order valence-corrected chi connectivity index (χ1v) is 13.2. The van der Waals surface area contributed by atoms with Gasteiger partial charge in [0.05, 0.1) is 11.1 Å². The summed E-state index contributed by atoms with van der Waals surface area (Å²) < 4.78 is 77.0. The topological polar surface area (TPSA) is 71.1 Å². The Kier molecular flexibility index (Phi) is 16.6. The van der Waals surface area contributed by atoms with E-state index in [-0.39, 0.29) is 23.0 Å². The molecule has 0 unspecified atom stereocenters. The number of hydrogen-bond donors (Lipinski definition) is 0. The summed E-state index contributed by atoms with van der Waals surface area (Å²) in [6.07, 6.45) is -5.70. The lowest BCUT2D eigenvalue weighted by atomic mass is 10.2. The van der Waals surface area contributed by atoms with E-state index in [1.807, 2.05) is 41.5 Å². The Morgan fingerprint density at radius 3 is 1.00 bits per heavy atom. The number of esters is 2. The van der Waals surface area contributed by atoms with E-state index < -0.39 is 35.3 Å². The van der Waals surface area contributed by atoms with Crippen LogP contribution < -0.4 is 18.9 Å². The van der Waals surface area contributed by atoms with Gasteiger partial charge in [0.1, 0.15) is 23.0 Å². The van der Waals surface area contributed by atoms with Crippen LogP contribution in [-0.4, -0.2) is 11.9 Å². The highest BCUT2D eigenvalue weighted by Gasteiger charge is 2.36. The fraction of sp³-hybridized carbons (Fsp3) is 0.250. The van der Waals surface area contributed by atoms with Crippen molar-refractivity contribution in [2.45, 2.75) is 53.8 Å². The number of halogens is 4. The minimum atomic E-state index is -3.77. The Morgan fingerprint density at radius 2 is 0.762 bits per heavy atom. The average Bonchev–Trinajstić information content (AvgIpc) is 3.01. The highest BCUT2D eigenvalue weighted by Crippen LogP contribution is 2.36. The van der Waals surface area contributed by atoms with Gasteiger partial charge in [0.25, 0.3) is 0 Å². The monoisotopic (exact) mass is 592 g/mol. The molecular formula is C32H36F4O6. The van der Waals surface area contributed by atoms with E-state index >= 15 is 0 Å². The molecule has 0 spiro atoms. The van der Waals surface area contributed by atoms with E-state index in [4.69, 9.17) is 18.9 Å². The molecule has 0 aromatic heterocycles. The van der Waals surface area contributed by atoms with Crippen LogP contribution in [0.25, 0.3) is 0 Å². The van der Waals surface area contributed by atoms with E-state index in [0.717, 1.165) is 84.9 Å². The maximum atomic E-state index is 14.5. The summed E-state index contributed by atoms with van der Waals surface area (Å²) in [4.78, 5) is 22.3. The Hall–Kier alpha value is -4.60. The lowest BCUT2D eigenvalue weighted by molar-refractivity contribution is -0.188. The van der Waals surface area contributed by atoms with Crippen LogP contribution in [0.5, 0.6) is 23.0 Å². The second-order valence-corrected chi connectivity index (χ2v) is 7.01. The van der Waals surface area contributed by atoms with Crippen molar-refractivity contribution in [1.82, 2.24) is 0 Å². The van der Waals surface area contributed by atoms with Gasteiger partial charge in [-0.05, 0) is 72.8 Å². The van der Waals surface area contributed by atoms with Gasteiger partial charge in [0.2, 0.25) is 0 Å². The van der Waals surface area contributed by atoms with Crippen molar-refractivity contribution >= 4 is 11.9 Å². The zero-order valence-electron chi connectivity index (χ0n) is 24.5. The lowest BCUT2D eigenvalue weighted by Gasteiger charge is -2.20. The predicted molar refractivity (Wildman–Crippen MR) is 154 cm³/mol. The van der Waals surface area contributed by atoms with Gasteiger partial charge in [-0.1, -0.05) is 54.7 Å². The number of rotatable bonds is 10. The first-order chi connectivity index (χ1) is 20.0. The quantitative estimate of drug-likeness (QED) is 0.101. The van der Waals surface area contributed by atoms with Gasteiger partial charge in [-0.3, -0.25) is 0 Å². The fourth-order valence-electron chi connectivity index (χ4n) is 2.74. The van der Waals surface area contributed by atoms with Crippen LogP contribution in [0.2, 0.25) is 0 Å². The molecule has 228 valence electrons. The minimum Gasteiger partial charge on any atom is -0.429 e. The molecule has 10 heteroatoms. The zero-order chi connectivity index (χ0) is 32.3. The molecule has 3 rings (SSSR count). The number of hydrogen-bond acceptors (Lipinski definition) is 6. The second kappa shape index (κ2) is 18.7. The van der Waals surface area contributed by atoms with Crippen LogP contribution >= 0.6 is 0 Å². The third-order valence-corrected chi connectivity index (χ3v) is 4.47. The molecule has 42 heavy (non-hydrogen) atoms. The van der Waals surface area contributed by atoms with E-state index in [9.17, 15) is 27.2 Å². The number of ether oxygens (including phenoxy) is 4.